The Morgan fingerprint density at radius 1 is 1.12 bits per heavy atom. The van der Waals surface area contributed by atoms with Gasteiger partial charge in [0.15, 0.2) is 14.1 Å². The van der Waals surface area contributed by atoms with Crippen LogP contribution in [-0.2, 0) is 18.8 Å². The SMILES string of the molecule is CC[Si](CC)(CC)OCC1=C[C@H]2OC(=O)[C@@]3(C)CCC[C@](C)(C1=O)[C@@H]23. The van der Waals surface area contributed by atoms with Gasteiger partial charge in [0.2, 0.25) is 0 Å². The zero-order chi connectivity index (χ0) is 18.5. The molecule has 0 aromatic carbocycles. The van der Waals surface area contributed by atoms with Crippen LogP contribution in [0.15, 0.2) is 11.6 Å². The van der Waals surface area contributed by atoms with Crippen molar-refractivity contribution >= 4 is 20.1 Å². The molecule has 0 unspecified atom stereocenters. The van der Waals surface area contributed by atoms with Crippen LogP contribution in [-0.4, -0.2) is 32.8 Å². The minimum atomic E-state index is -1.75. The van der Waals surface area contributed by atoms with Gasteiger partial charge in [-0.3, -0.25) is 9.59 Å². The topological polar surface area (TPSA) is 52.6 Å². The van der Waals surface area contributed by atoms with E-state index in [9.17, 15) is 9.59 Å². The third kappa shape index (κ3) is 2.65. The van der Waals surface area contributed by atoms with Crippen LogP contribution in [0.25, 0.3) is 0 Å². The van der Waals surface area contributed by atoms with E-state index < -0.39 is 19.1 Å². The van der Waals surface area contributed by atoms with Crippen molar-refractivity contribution in [2.45, 2.75) is 78.1 Å². The zero-order valence-corrected chi connectivity index (χ0v) is 17.3. The first-order valence-corrected chi connectivity index (χ1v) is 12.4. The molecule has 0 radical (unpaired) electrons. The number of hydrogen-bond acceptors (Lipinski definition) is 4. The standard InChI is InChI=1S/C20H32O4Si/c1-6-25(7-2,8-3)23-13-14-12-15-16-19(4,17(14)21)10-9-11-20(16,5)18(22)24-15/h12,15-16H,6-11,13H2,1-5H3/t15-,16-,19+,20+/m1/s1. The van der Waals surface area contributed by atoms with Crippen LogP contribution in [0, 0.1) is 16.7 Å². The van der Waals surface area contributed by atoms with Crippen LogP contribution in [0.3, 0.4) is 0 Å². The van der Waals surface area contributed by atoms with Gasteiger partial charge in [-0.2, -0.15) is 0 Å². The van der Waals surface area contributed by atoms with E-state index in [1.54, 1.807) is 0 Å². The van der Waals surface area contributed by atoms with Gasteiger partial charge in [-0.1, -0.05) is 34.1 Å². The Labute approximate surface area is 152 Å². The van der Waals surface area contributed by atoms with Gasteiger partial charge in [0, 0.05) is 16.9 Å². The number of Topliss-reactive ketones (excluding diaryl/α,β-unsaturated/α-hetero) is 1. The Bertz CT molecular complexity index is 601. The lowest BCUT2D eigenvalue weighted by Crippen LogP contribution is -2.53. The van der Waals surface area contributed by atoms with Gasteiger partial charge in [0.05, 0.1) is 12.0 Å². The Morgan fingerprint density at radius 2 is 1.72 bits per heavy atom. The van der Waals surface area contributed by atoms with E-state index >= 15 is 0 Å². The number of hydrogen-bond donors (Lipinski definition) is 0. The van der Waals surface area contributed by atoms with Gasteiger partial charge in [0.25, 0.3) is 0 Å². The summed E-state index contributed by atoms with van der Waals surface area (Å²) in [7, 11) is -1.75. The predicted octanol–water partition coefficient (Wildman–Crippen LogP) is 4.26. The highest BCUT2D eigenvalue weighted by Crippen LogP contribution is 2.60. The lowest BCUT2D eigenvalue weighted by atomic mass is 9.51. The molecule has 140 valence electrons. The maximum Gasteiger partial charge on any atom is 0.312 e. The average Bonchev–Trinajstić information content (AvgIpc) is 2.86. The maximum atomic E-state index is 13.3. The Kier molecular flexibility index (Phi) is 4.78. The van der Waals surface area contributed by atoms with Crippen LogP contribution >= 0.6 is 0 Å². The van der Waals surface area contributed by atoms with E-state index in [0.717, 1.165) is 43.0 Å². The van der Waals surface area contributed by atoms with Crippen molar-refractivity contribution < 1.29 is 18.8 Å². The minimum Gasteiger partial charge on any atom is -0.457 e. The van der Waals surface area contributed by atoms with Crippen LogP contribution in [0.1, 0.15) is 53.9 Å². The van der Waals surface area contributed by atoms with Gasteiger partial charge in [0.1, 0.15) is 6.10 Å². The first kappa shape index (κ1) is 18.8. The molecule has 1 heterocycles. The molecule has 0 bridgehead atoms. The van der Waals surface area contributed by atoms with Gasteiger partial charge >= 0.3 is 5.97 Å². The molecule has 2 aliphatic carbocycles. The smallest absolute Gasteiger partial charge is 0.312 e. The summed E-state index contributed by atoms with van der Waals surface area (Å²) in [5, 5.41) is 0. The first-order chi connectivity index (χ1) is 11.8. The molecular weight excluding hydrogens is 332 g/mol. The molecule has 0 amide bonds. The summed E-state index contributed by atoms with van der Waals surface area (Å²) in [6.45, 7) is 11.0. The summed E-state index contributed by atoms with van der Waals surface area (Å²) in [6, 6.07) is 3.20. The predicted molar refractivity (Wildman–Crippen MR) is 99.7 cm³/mol. The molecule has 1 saturated heterocycles. The van der Waals surface area contributed by atoms with Crippen LogP contribution < -0.4 is 0 Å². The van der Waals surface area contributed by atoms with Crippen LogP contribution in [0.4, 0.5) is 0 Å². The molecule has 0 aromatic heterocycles. The lowest BCUT2D eigenvalue weighted by molar-refractivity contribution is -0.148. The number of ether oxygens (including phenoxy) is 1. The van der Waals surface area contributed by atoms with Crippen molar-refractivity contribution in [3.63, 3.8) is 0 Å². The van der Waals surface area contributed by atoms with E-state index in [2.05, 4.69) is 20.8 Å². The van der Waals surface area contributed by atoms with Crippen molar-refractivity contribution in [3.05, 3.63) is 11.6 Å². The molecule has 4 atom stereocenters. The van der Waals surface area contributed by atoms with E-state index in [0.29, 0.717) is 6.61 Å². The van der Waals surface area contributed by atoms with Crippen molar-refractivity contribution in [1.82, 2.24) is 0 Å². The molecule has 1 saturated carbocycles. The second-order valence-corrected chi connectivity index (χ2v) is 13.4. The van der Waals surface area contributed by atoms with E-state index in [1.807, 2.05) is 19.9 Å². The van der Waals surface area contributed by atoms with E-state index in [-0.39, 0.29) is 23.8 Å². The molecular formula is C20H32O4Si. The Morgan fingerprint density at radius 3 is 2.32 bits per heavy atom. The summed E-state index contributed by atoms with van der Waals surface area (Å²) >= 11 is 0. The second-order valence-electron chi connectivity index (χ2n) is 8.59. The van der Waals surface area contributed by atoms with Gasteiger partial charge in [-0.15, -0.1) is 0 Å². The average molecular weight is 365 g/mol. The molecule has 1 aliphatic heterocycles. The number of esters is 1. The van der Waals surface area contributed by atoms with Crippen molar-refractivity contribution in [1.29, 1.82) is 0 Å². The second kappa shape index (κ2) is 6.34. The molecule has 3 aliphatic rings. The van der Waals surface area contributed by atoms with E-state index in [4.69, 9.17) is 9.16 Å². The lowest BCUT2D eigenvalue weighted by Gasteiger charge is -2.48. The molecule has 4 nitrogen and oxygen atoms in total. The van der Waals surface area contributed by atoms with Gasteiger partial charge in [-0.25, -0.2) is 0 Å². The highest BCUT2D eigenvalue weighted by molar-refractivity contribution is 6.73. The third-order valence-corrected chi connectivity index (χ3v) is 12.1. The van der Waals surface area contributed by atoms with Crippen LogP contribution in [0.5, 0.6) is 0 Å². The van der Waals surface area contributed by atoms with Crippen LogP contribution in [0.2, 0.25) is 18.1 Å². The molecule has 5 heteroatoms. The number of carbonyl (C=O) groups is 2. The largest absolute Gasteiger partial charge is 0.457 e. The summed E-state index contributed by atoms with van der Waals surface area (Å²) in [4.78, 5) is 25.8. The minimum absolute atomic E-state index is 0.0250. The monoisotopic (exact) mass is 364 g/mol. The zero-order valence-electron chi connectivity index (χ0n) is 16.3. The van der Waals surface area contributed by atoms with Gasteiger partial charge in [-0.05, 0) is 44.0 Å². The fourth-order valence-corrected chi connectivity index (χ4v) is 8.12. The fraction of sp³-hybridized carbons (Fsp3) is 0.800. The van der Waals surface area contributed by atoms with Crippen molar-refractivity contribution in [3.8, 4) is 0 Å². The normalized spacial score (nSPS) is 37.6. The van der Waals surface area contributed by atoms with E-state index in [1.165, 1.54) is 0 Å². The quantitative estimate of drug-likeness (QED) is 0.522. The molecule has 3 rings (SSSR count). The summed E-state index contributed by atoms with van der Waals surface area (Å²) < 4.78 is 12.1. The summed E-state index contributed by atoms with van der Waals surface area (Å²) in [5.74, 6) is 0.0336. The summed E-state index contributed by atoms with van der Waals surface area (Å²) in [6.07, 6.45) is 4.22. The first-order valence-electron chi connectivity index (χ1n) is 9.87. The highest BCUT2D eigenvalue weighted by Gasteiger charge is 2.65. The number of carbonyl (C=O) groups excluding carboxylic acids is 2. The molecule has 0 N–H and O–H groups in total. The molecule has 2 fully saturated rings. The maximum absolute atomic E-state index is 13.3. The number of ketones is 1. The summed E-state index contributed by atoms with van der Waals surface area (Å²) in [5.41, 5.74) is -0.271. The van der Waals surface area contributed by atoms with Gasteiger partial charge < -0.3 is 9.16 Å². The number of rotatable bonds is 6. The van der Waals surface area contributed by atoms with Crippen molar-refractivity contribution in [2.75, 3.05) is 6.61 Å². The molecule has 0 aromatic rings. The molecule has 25 heavy (non-hydrogen) atoms. The highest BCUT2D eigenvalue weighted by atomic mass is 28.4. The Hall–Kier alpha value is -0.943. The van der Waals surface area contributed by atoms with Crippen molar-refractivity contribution in [2.24, 2.45) is 16.7 Å². The third-order valence-electron chi connectivity index (χ3n) is 7.45. The Balaban J connectivity index is 1.89. The fourth-order valence-electron chi connectivity index (χ4n) is 5.54. The molecule has 0 spiro atoms.